The molecule has 10 N–H and O–H groups in total. The lowest BCUT2D eigenvalue weighted by molar-refractivity contribution is -0.321. The second-order valence-electron chi connectivity index (χ2n) is 29.5. The van der Waals surface area contributed by atoms with Gasteiger partial charge < -0.3 is 65.1 Å². The topological polar surface area (TPSA) is 415 Å². The summed E-state index contributed by atoms with van der Waals surface area (Å²) >= 11 is 1.38. The fraction of sp³-hybridized carbons (Fsp3) is 0.493. The van der Waals surface area contributed by atoms with Crippen molar-refractivity contribution in [1.29, 1.82) is 0 Å². The molecule has 30 heteroatoms. The normalized spacial score (nSPS) is 23.6. The minimum absolute atomic E-state index is 0.0128. The van der Waals surface area contributed by atoms with Crippen LogP contribution < -0.4 is 20.7 Å². The number of aliphatic hydroxyl groups is 4. The van der Waals surface area contributed by atoms with Gasteiger partial charge in [0.05, 0.1) is 52.4 Å². The van der Waals surface area contributed by atoms with Gasteiger partial charge in [-0.1, -0.05) is 74.1 Å². The van der Waals surface area contributed by atoms with Crippen LogP contribution in [0.5, 0.6) is 5.75 Å². The van der Waals surface area contributed by atoms with Crippen molar-refractivity contribution in [3.8, 4) is 28.1 Å². The van der Waals surface area contributed by atoms with Crippen molar-refractivity contribution in [2.45, 2.75) is 173 Å². The van der Waals surface area contributed by atoms with Crippen LogP contribution in [0.3, 0.4) is 0 Å². The molecule has 4 aromatic carbocycles. The highest BCUT2D eigenvalue weighted by molar-refractivity contribution is 7.85. The molecule has 4 saturated carbocycles. The Morgan fingerprint density at radius 2 is 1.52 bits per heavy atom. The van der Waals surface area contributed by atoms with Crippen molar-refractivity contribution in [2.75, 3.05) is 44.4 Å². The number of aromatic nitrogens is 4. The van der Waals surface area contributed by atoms with Crippen LogP contribution in [0.15, 0.2) is 97.2 Å². The van der Waals surface area contributed by atoms with Gasteiger partial charge in [0.1, 0.15) is 36.5 Å². The average Bonchev–Trinajstić information content (AvgIpc) is 1.05. The lowest BCUT2D eigenvalue weighted by Gasteiger charge is -2.69. The van der Waals surface area contributed by atoms with E-state index in [-0.39, 0.29) is 92.1 Å². The van der Waals surface area contributed by atoms with Crippen molar-refractivity contribution >= 4 is 89.1 Å². The summed E-state index contributed by atoms with van der Waals surface area (Å²) in [6, 6.07) is 27.0. The molecule has 562 valence electrons. The predicted octanol–water partition coefficient (Wildman–Crippen LogP) is 8.62. The van der Waals surface area contributed by atoms with E-state index in [0.29, 0.717) is 88.2 Å². The zero-order chi connectivity index (χ0) is 75.2. The molecule has 1 saturated heterocycles. The molecule has 12 rings (SSSR count). The minimum Gasteiger partial charge on any atom is -0.481 e. The number of carbonyl (C=O) groups is 7. The molecule has 5 aliphatic rings. The molecular weight excluding hydrogens is 1400 g/mol. The number of benzene rings is 4. The Bertz CT molecular complexity index is 4470. The Labute approximate surface area is 610 Å². The number of aromatic carboxylic acids is 1. The summed E-state index contributed by atoms with van der Waals surface area (Å²) in [4.78, 5) is 100. The van der Waals surface area contributed by atoms with E-state index in [2.05, 4.69) is 34.8 Å². The van der Waals surface area contributed by atoms with Gasteiger partial charge in [-0.15, -0.1) is 0 Å². The van der Waals surface area contributed by atoms with E-state index >= 15 is 0 Å². The highest BCUT2D eigenvalue weighted by atomic mass is 32.2. The number of ketones is 1. The van der Waals surface area contributed by atoms with E-state index in [1.807, 2.05) is 66.2 Å². The Morgan fingerprint density at radius 3 is 2.27 bits per heavy atom. The molecule has 0 radical (unpaired) electrons. The fourth-order valence-electron chi connectivity index (χ4n) is 16.7. The third kappa shape index (κ3) is 19.1. The molecule has 4 heterocycles. The number of hydrogen-bond donors (Lipinski definition) is 10. The Balaban J connectivity index is 0.701. The smallest absolute Gasteiger partial charge is 0.409 e. The van der Waals surface area contributed by atoms with Gasteiger partial charge in [0.2, 0.25) is 18.1 Å². The number of aliphatic hydroxyl groups excluding tert-OH is 4. The molecule has 7 aromatic rings. The van der Waals surface area contributed by atoms with Crippen molar-refractivity contribution in [3.63, 3.8) is 0 Å². The zero-order valence-electron chi connectivity index (χ0n) is 59.0. The van der Waals surface area contributed by atoms with Gasteiger partial charge >= 0.3 is 18.0 Å². The standard InChI is InChI=1S/C75H90N8O20S2/c1-44-55(52-23-24-56(79-61(52)67(93)94)47-20-19-45-14-12-16-53(54(45)33-47)66(92)81-70-80-57-17-7-8-18-58(57)104-70)34-78-83(44)43-74-38-72(2)37-73(3,39-74)41-75(40-72,42-74)101-30-29-82(4)71(96)100-35-48-21-22-51(102-69-64(90)62(88)63(89)68(95)103-69)32-46(48)13-9-11-28-77-65(91)49(36-105(97,98)99)31-50(84)15-6-5-10-27-76-59(85)25-26-60(86)87/h7-8,12,14,16-24,32-34,49,62-64,68-69,88-90,95H,5-6,9-11,13,15,25-31,35-43H2,1-4H3,(H,76,85)(H,77,91)(H,86,87)(H,93,94)(H,80,81,92)(H,97,98,99)/t49-,62-,63-,64+,68-,69+,72?,73?,74?,75?/m0/s1. The second kappa shape index (κ2) is 32.5. The van der Waals surface area contributed by atoms with Gasteiger partial charge in [0.25, 0.3) is 16.0 Å². The van der Waals surface area contributed by atoms with Crippen molar-refractivity contribution in [2.24, 2.45) is 22.2 Å². The monoisotopic (exact) mass is 1490 g/mol. The molecule has 1 aliphatic heterocycles. The Kier molecular flexibility index (Phi) is 23.9. The van der Waals surface area contributed by atoms with Gasteiger partial charge in [-0.05, 0) is 164 Å². The summed E-state index contributed by atoms with van der Waals surface area (Å²) in [6.07, 6.45) is -0.990. The summed E-state index contributed by atoms with van der Waals surface area (Å²) in [6.45, 7) is 7.67. The number of para-hydroxylation sites is 1. The van der Waals surface area contributed by atoms with Gasteiger partial charge in [-0.25, -0.2) is 19.6 Å². The SMILES string of the molecule is Cc1c(-c2ccc(-c3ccc4cccc(C(=O)Nc5nc6ccccc6s5)c4c3)nc2C(=O)O)cnn1CC12CC3(C)CC(C)(C1)CC(OCCN(C)C(=O)OCc1ccc(O[C@@H]4O[C@H](O)[C@@H](O)[C@H](O)[C@H]4O)cc1CCCCNC(=O)[C@@H](CC(=O)CCCCCNC(=O)CCC(=O)O)CS(=O)(=O)O)(C3)C2. The first-order valence-corrected chi connectivity index (χ1v) is 37.7. The van der Waals surface area contributed by atoms with Crippen LogP contribution in [0, 0.1) is 29.1 Å². The van der Waals surface area contributed by atoms with E-state index < -0.39 is 100 Å². The molecule has 4 aliphatic carbocycles. The number of fused-ring (bicyclic) bond motifs is 2. The number of ether oxygens (including phenoxy) is 4. The Morgan fingerprint density at radius 1 is 0.771 bits per heavy atom. The van der Waals surface area contributed by atoms with Crippen molar-refractivity contribution in [1.82, 2.24) is 35.3 Å². The van der Waals surface area contributed by atoms with E-state index in [9.17, 15) is 72.1 Å². The summed E-state index contributed by atoms with van der Waals surface area (Å²) in [5.74, 6) is -6.45. The molecule has 4 bridgehead atoms. The zero-order valence-corrected chi connectivity index (χ0v) is 60.6. The molecule has 5 fully saturated rings. The molecule has 3 aromatic heterocycles. The number of pyridine rings is 1. The van der Waals surface area contributed by atoms with E-state index in [4.69, 9.17) is 34.1 Å². The van der Waals surface area contributed by atoms with E-state index in [0.717, 1.165) is 59.8 Å². The summed E-state index contributed by atoms with van der Waals surface area (Å²) in [7, 11) is -3.06. The van der Waals surface area contributed by atoms with Gasteiger partial charge in [0.15, 0.2) is 17.1 Å². The molecular formula is C75H90N8O20S2. The van der Waals surface area contributed by atoms with Crippen LogP contribution in [0.2, 0.25) is 0 Å². The molecule has 105 heavy (non-hydrogen) atoms. The molecule has 2 unspecified atom stereocenters. The number of amides is 4. The predicted molar refractivity (Wildman–Crippen MR) is 385 cm³/mol. The first kappa shape index (κ1) is 77.3. The average molecular weight is 1490 g/mol. The fourth-order valence-corrected chi connectivity index (χ4v) is 18.4. The second-order valence-corrected chi connectivity index (χ2v) is 32.0. The van der Waals surface area contributed by atoms with Crippen molar-refractivity contribution < 1.29 is 96.1 Å². The molecule has 0 spiro atoms. The lowest BCUT2D eigenvalue weighted by atomic mass is 9.39. The maximum Gasteiger partial charge on any atom is 0.409 e. The number of hydrogen-bond acceptors (Lipinski definition) is 21. The van der Waals surface area contributed by atoms with E-state index in [1.54, 1.807) is 43.6 Å². The van der Waals surface area contributed by atoms with Gasteiger partial charge in [-0.2, -0.15) is 13.5 Å². The first-order chi connectivity index (χ1) is 49.9. The number of carboxylic acid groups (broad SMARTS) is 2. The quantitative estimate of drug-likeness (QED) is 0.0133. The minimum atomic E-state index is -4.67. The number of aliphatic carboxylic acids is 1. The van der Waals surface area contributed by atoms with Crippen LogP contribution >= 0.6 is 11.3 Å². The molecule has 4 amide bonds. The lowest BCUT2D eigenvalue weighted by Crippen LogP contribution is -2.64. The van der Waals surface area contributed by atoms with Crippen LogP contribution in [-0.4, -0.2) is 185 Å². The van der Waals surface area contributed by atoms with Crippen LogP contribution in [0.25, 0.3) is 43.4 Å². The van der Waals surface area contributed by atoms with Gasteiger partial charge in [-0.3, -0.25) is 38.5 Å². The first-order valence-electron chi connectivity index (χ1n) is 35.3. The third-order valence-corrected chi connectivity index (χ3v) is 22.3. The summed E-state index contributed by atoms with van der Waals surface area (Å²) < 4.78 is 60.5. The molecule has 28 nitrogen and oxygen atoms in total. The van der Waals surface area contributed by atoms with Gasteiger partial charge in [0, 0.05) is 80.4 Å². The number of unbranched alkanes of at least 4 members (excludes halogenated alkanes) is 3. The number of thiazole rings is 1. The number of rotatable bonds is 34. The highest BCUT2D eigenvalue weighted by Gasteiger charge is 2.66. The number of carboxylic acids is 2. The van der Waals surface area contributed by atoms with Crippen LogP contribution in [0.1, 0.15) is 148 Å². The summed E-state index contributed by atoms with van der Waals surface area (Å²) in [5.41, 5.74) is 4.25. The number of aryl methyl sites for hydroxylation is 1. The number of carbonyl (C=O) groups excluding carboxylic acids is 5. The third-order valence-electron chi connectivity index (χ3n) is 20.5. The maximum absolute atomic E-state index is 13.8. The summed E-state index contributed by atoms with van der Waals surface area (Å²) in [5, 5.41) is 75.9. The van der Waals surface area contributed by atoms with E-state index in [1.165, 1.54) is 22.3 Å². The Hall–Kier alpha value is -8.85. The number of nitrogens with zero attached hydrogens (tertiary/aromatic N) is 5. The van der Waals surface area contributed by atoms with Crippen LogP contribution in [-0.2, 0) is 63.1 Å². The molecule has 8 atom stereocenters. The number of Topliss-reactive ketones (excluding diaryl/α,β-unsaturated/α-hetero) is 1. The van der Waals surface area contributed by atoms with Crippen molar-refractivity contribution in [3.05, 3.63) is 125 Å². The maximum atomic E-state index is 13.8. The number of anilines is 1. The number of nitrogens with one attached hydrogen (secondary N) is 3. The largest absolute Gasteiger partial charge is 0.481 e. The highest BCUT2D eigenvalue weighted by Crippen LogP contribution is 2.72. The number of likely N-dealkylation sites (N-methyl/N-ethyl adjacent to an activating group) is 1. The van der Waals surface area contributed by atoms with Crippen LogP contribution in [0.4, 0.5) is 9.93 Å².